The molecule has 1 heterocycles. The second-order valence-corrected chi connectivity index (χ2v) is 7.06. The third-order valence-electron chi connectivity index (χ3n) is 4.82. The van der Waals surface area contributed by atoms with E-state index in [1.807, 2.05) is 0 Å². The SMILES string of the molecule is COCCCN1C(=O)C(=O)/C(=C(/O)c2ccc(OC)cc2)[C@H]1c1cccc(Cl)c1. The maximum atomic E-state index is 12.9. The molecule has 1 aliphatic rings. The van der Waals surface area contributed by atoms with Gasteiger partial charge in [-0.25, -0.2) is 0 Å². The Morgan fingerprint density at radius 1 is 1.14 bits per heavy atom. The molecule has 1 amide bonds. The minimum atomic E-state index is -0.729. The number of Topliss-reactive ketones (excluding diaryl/α,β-unsaturated/α-hetero) is 1. The summed E-state index contributed by atoms with van der Waals surface area (Å²) in [7, 11) is 3.12. The summed E-state index contributed by atoms with van der Waals surface area (Å²) in [5.74, 6) is -0.986. The van der Waals surface area contributed by atoms with Gasteiger partial charge < -0.3 is 19.5 Å². The number of likely N-dealkylation sites (tertiary alicyclic amines) is 1. The van der Waals surface area contributed by atoms with Crippen LogP contribution in [0.4, 0.5) is 0 Å². The largest absolute Gasteiger partial charge is 0.507 e. The maximum Gasteiger partial charge on any atom is 0.295 e. The van der Waals surface area contributed by atoms with E-state index in [0.29, 0.717) is 41.5 Å². The lowest BCUT2D eigenvalue weighted by Crippen LogP contribution is -2.31. The van der Waals surface area contributed by atoms with Crippen molar-refractivity contribution < 1.29 is 24.2 Å². The molecule has 2 aromatic rings. The molecule has 1 fully saturated rings. The molecule has 0 aromatic heterocycles. The molecule has 0 spiro atoms. The Bertz CT molecular complexity index is 938. The van der Waals surface area contributed by atoms with Crippen molar-refractivity contribution in [2.24, 2.45) is 0 Å². The smallest absolute Gasteiger partial charge is 0.295 e. The van der Waals surface area contributed by atoms with E-state index in [2.05, 4.69) is 0 Å². The highest BCUT2D eigenvalue weighted by molar-refractivity contribution is 6.46. The first-order valence-electron chi connectivity index (χ1n) is 9.15. The molecule has 7 heteroatoms. The standard InChI is InChI=1S/C22H22ClNO5/c1-28-12-4-11-24-19(15-5-3-6-16(23)13-15)18(21(26)22(24)27)20(25)14-7-9-17(29-2)10-8-14/h3,5-10,13,19,25H,4,11-12H2,1-2H3/b20-18+/t19-/m1/s1. The maximum absolute atomic E-state index is 12.9. The van der Waals surface area contributed by atoms with Crippen LogP contribution in [0.5, 0.6) is 5.75 Å². The zero-order chi connectivity index (χ0) is 21.0. The highest BCUT2D eigenvalue weighted by atomic mass is 35.5. The minimum absolute atomic E-state index is 0.0415. The molecule has 152 valence electrons. The molecule has 0 aliphatic carbocycles. The quantitative estimate of drug-likeness (QED) is 0.322. The van der Waals surface area contributed by atoms with Crippen LogP contribution in [0.15, 0.2) is 54.1 Å². The Balaban J connectivity index is 2.10. The van der Waals surface area contributed by atoms with E-state index in [4.69, 9.17) is 21.1 Å². The number of ketones is 1. The van der Waals surface area contributed by atoms with Gasteiger partial charge in [0.2, 0.25) is 0 Å². The van der Waals surface area contributed by atoms with Gasteiger partial charge in [0.05, 0.1) is 18.7 Å². The van der Waals surface area contributed by atoms with Gasteiger partial charge in [-0.3, -0.25) is 9.59 Å². The molecule has 3 rings (SSSR count). The van der Waals surface area contributed by atoms with Gasteiger partial charge in [0, 0.05) is 30.8 Å². The monoisotopic (exact) mass is 415 g/mol. The van der Waals surface area contributed by atoms with Crippen LogP contribution in [0.3, 0.4) is 0 Å². The molecule has 1 atom stereocenters. The summed E-state index contributed by atoms with van der Waals surface area (Å²) in [4.78, 5) is 27.1. The minimum Gasteiger partial charge on any atom is -0.507 e. The second-order valence-electron chi connectivity index (χ2n) is 6.62. The molecule has 0 radical (unpaired) electrons. The molecule has 0 unspecified atom stereocenters. The lowest BCUT2D eigenvalue weighted by atomic mass is 9.95. The fourth-order valence-electron chi connectivity index (χ4n) is 3.42. The Morgan fingerprint density at radius 2 is 1.86 bits per heavy atom. The van der Waals surface area contributed by atoms with Crippen LogP contribution < -0.4 is 4.74 Å². The number of nitrogens with zero attached hydrogens (tertiary/aromatic N) is 1. The van der Waals surface area contributed by atoms with Crippen LogP contribution in [0, 0.1) is 0 Å². The van der Waals surface area contributed by atoms with E-state index in [0.717, 1.165) is 0 Å². The van der Waals surface area contributed by atoms with Crippen LogP contribution in [0.2, 0.25) is 5.02 Å². The summed E-state index contributed by atoms with van der Waals surface area (Å²) in [6, 6.07) is 12.9. The Hall–Kier alpha value is -2.83. The summed E-state index contributed by atoms with van der Waals surface area (Å²) in [6.45, 7) is 0.763. The molecule has 29 heavy (non-hydrogen) atoms. The number of aliphatic hydroxyl groups excluding tert-OH is 1. The molecule has 0 saturated carbocycles. The number of carbonyl (C=O) groups excluding carboxylic acids is 2. The van der Waals surface area contributed by atoms with E-state index < -0.39 is 17.7 Å². The number of rotatable bonds is 7. The number of hydrogen-bond acceptors (Lipinski definition) is 5. The second kappa shape index (κ2) is 9.11. The van der Waals surface area contributed by atoms with E-state index in [1.54, 1.807) is 62.8 Å². The van der Waals surface area contributed by atoms with E-state index >= 15 is 0 Å². The molecule has 1 N–H and O–H groups in total. The molecular weight excluding hydrogens is 394 g/mol. The van der Waals surface area contributed by atoms with Crippen molar-refractivity contribution in [1.82, 2.24) is 4.90 Å². The average molecular weight is 416 g/mol. The number of carbonyl (C=O) groups is 2. The third kappa shape index (κ3) is 4.28. The van der Waals surface area contributed by atoms with E-state index in [1.165, 1.54) is 4.90 Å². The summed E-state index contributed by atoms with van der Waals surface area (Å²) >= 11 is 6.15. The molecule has 1 aliphatic heterocycles. The first-order chi connectivity index (χ1) is 14.0. The van der Waals surface area contributed by atoms with Crippen molar-refractivity contribution in [2.75, 3.05) is 27.4 Å². The molecular formula is C22H22ClNO5. The summed E-state index contributed by atoms with van der Waals surface area (Å²) in [6.07, 6.45) is 0.559. The van der Waals surface area contributed by atoms with Crippen molar-refractivity contribution >= 4 is 29.1 Å². The van der Waals surface area contributed by atoms with Crippen molar-refractivity contribution in [3.8, 4) is 5.75 Å². The van der Waals surface area contributed by atoms with Crippen molar-refractivity contribution in [3.05, 3.63) is 70.3 Å². The van der Waals surface area contributed by atoms with Gasteiger partial charge in [0.25, 0.3) is 11.7 Å². The lowest BCUT2D eigenvalue weighted by molar-refractivity contribution is -0.140. The molecule has 2 aromatic carbocycles. The zero-order valence-electron chi connectivity index (χ0n) is 16.2. The summed E-state index contributed by atoms with van der Waals surface area (Å²) in [5.41, 5.74) is 1.12. The number of methoxy groups -OCH3 is 2. The number of aliphatic hydroxyl groups is 1. The van der Waals surface area contributed by atoms with Gasteiger partial charge in [0.15, 0.2) is 0 Å². The van der Waals surface area contributed by atoms with Crippen molar-refractivity contribution in [1.29, 1.82) is 0 Å². The first-order valence-corrected chi connectivity index (χ1v) is 9.53. The number of amides is 1. The number of hydrogen-bond donors (Lipinski definition) is 1. The topological polar surface area (TPSA) is 76.1 Å². The van der Waals surface area contributed by atoms with Gasteiger partial charge >= 0.3 is 0 Å². The van der Waals surface area contributed by atoms with Crippen molar-refractivity contribution in [3.63, 3.8) is 0 Å². The predicted molar refractivity (Wildman–Crippen MR) is 110 cm³/mol. The van der Waals surface area contributed by atoms with Gasteiger partial charge in [-0.1, -0.05) is 23.7 Å². The van der Waals surface area contributed by atoms with E-state index in [-0.39, 0.29) is 11.3 Å². The number of halogens is 1. The van der Waals surface area contributed by atoms with Crippen LogP contribution in [0.25, 0.3) is 5.76 Å². The summed E-state index contributed by atoms with van der Waals surface area (Å²) < 4.78 is 10.2. The molecule has 1 saturated heterocycles. The Labute approximate surface area is 174 Å². The molecule has 0 bridgehead atoms. The average Bonchev–Trinajstić information content (AvgIpc) is 2.98. The Kier molecular flexibility index (Phi) is 6.56. The highest BCUT2D eigenvalue weighted by Crippen LogP contribution is 2.40. The van der Waals surface area contributed by atoms with Crippen molar-refractivity contribution in [2.45, 2.75) is 12.5 Å². The molecule has 6 nitrogen and oxygen atoms in total. The van der Waals surface area contributed by atoms with Crippen LogP contribution in [-0.4, -0.2) is 49.1 Å². The van der Waals surface area contributed by atoms with Crippen LogP contribution >= 0.6 is 11.6 Å². The zero-order valence-corrected chi connectivity index (χ0v) is 17.0. The highest BCUT2D eigenvalue weighted by Gasteiger charge is 2.45. The lowest BCUT2D eigenvalue weighted by Gasteiger charge is -2.25. The van der Waals surface area contributed by atoms with Crippen LogP contribution in [0.1, 0.15) is 23.6 Å². The fraction of sp³-hybridized carbons (Fsp3) is 0.273. The summed E-state index contributed by atoms with van der Waals surface area (Å²) in [5, 5.41) is 11.4. The van der Waals surface area contributed by atoms with Gasteiger partial charge in [-0.2, -0.15) is 0 Å². The number of benzene rings is 2. The van der Waals surface area contributed by atoms with Crippen LogP contribution in [-0.2, 0) is 14.3 Å². The Morgan fingerprint density at radius 3 is 2.48 bits per heavy atom. The first kappa shape index (κ1) is 20.9. The fourth-order valence-corrected chi connectivity index (χ4v) is 3.62. The van der Waals surface area contributed by atoms with Gasteiger partial charge in [-0.15, -0.1) is 0 Å². The van der Waals surface area contributed by atoms with Gasteiger partial charge in [-0.05, 0) is 48.4 Å². The van der Waals surface area contributed by atoms with E-state index in [9.17, 15) is 14.7 Å². The normalized spacial score (nSPS) is 18.3. The predicted octanol–water partition coefficient (Wildman–Crippen LogP) is 3.81. The van der Waals surface area contributed by atoms with Gasteiger partial charge in [0.1, 0.15) is 11.5 Å². The third-order valence-corrected chi connectivity index (χ3v) is 5.05. The number of ether oxygens (including phenoxy) is 2.